The Kier molecular flexibility index (Phi) is 29.5. The Hall–Kier alpha value is -12.0. The lowest BCUT2D eigenvalue weighted by atomic mass is 10.1. The van der Waals surface area contributed by atoms with E-state index < -0.39 is 51.5 Å². The van der Waals surface area contributed by atoms with Crippen LogP contribution in [0.1, 0.15) is 116 Å². The number of nitrogens with two attached hydrogens (primary N) is 2. The summed E-state index contributed by atoms with van der Waals surface area (Å²) in [5, 5.41) is 59.7. The number of nitrogens with zero attached hydrogens (tertiary/aromatic N) is 6. The molecule has 0 fully saturated rings. The lowest BCUT2D eigenvalue weighted by Gasteiger charge is -2.19. The van der Waals surface area contributed by atoms with Gasteiger partial charge >= 0.3 is 5.97 Å². The fraction of sp³-hybridized carbons (Fsp3) is 0.136. The zero-order chi connectivity index (χ0) is 74.1. The number of anilines is 4. The molecule has 0 bridgehead atoms. The van der Waals surface area contributed by atoms with Crippen LogP contribution in [0.2, 0.25) is 20.1 Å². The minimum absolute atomic E-state index is 0.00427. The Morgan fingerprint density at radius 3 is 1.14 bits per heavy atom. The van der Waals surface area contributed by atoms with E-state index in [0.717, 1.165) is 18.2 Å². The van der Waals surface area contributed by atoms with Crippen LogP contribution < -0.4 is 52.8 Å². The second kappa shape index (κ2) is 37.5. The van der Waals surface area contributed by atoms with Gasteiger partial charge in [0.15, 0.2) is 23.0 Å². The van der Waals surface area contributed by atoms with Crippen LogP contribution in [-0.2, 0) is 0 Å². The molecule has 2 aromatic heterocycles. The minimum Gasteiger partial charge on any atom is -0.484 e. The number of amides is 6. The van der Waals surface area contributed by atoms with Crippen molar-refractivity contribution in [1.29, 1.82) is 0 Å². The number of nitro groups is 2. The standard InChI is InChI=1S/C22H19Cl2FN4O3.C21H18Cl2FN5O3.C8H8N2O3.C8H10N2O.C7H5NO4/c1-11-18(32-12(2)19-15(23)8-9-16(25)20(19)24)10-17(29-28-11)22(31)27-14-6-4-13(5-7-14)21(30)26-3;1-10(17-13(22)7-8-14(24)18(17)23)32-16-9-15(28-29-19(16)25)21(31)27-12-5-3-11(4-6-12)20(30)26-2;1-9-8(11)6-2-4-7(5-3-6)10(12)13;1-10-8(11)6-2-4-7(9)5-3-6;9-7(10)5-1-3-6(4-2-5)8(11)12/h4-10,12H,1-3H3,(H,26,30)(H,27,31);3-10H,1-2H3,(H2,25,29)(H,26,30)(H,27,31);2-5H,1H3,(H,9,11);2-5H,9H2,1H3,(H,10,11);1-4H,(H,9,10). The number of nitrogen functional groups attached to an aromatic ring is 2. The molecule has 7 aromatic carbocycles. The van der Waals surface area contributed by atoms with Crippen molar-refractivity contribution in [3.8, 4) is 11.5 Å². The maximum absolute atomic E-state index is 13.9. The van der Waals surface area contributed by atoms with E-state index >= 15 is 0 Å². The largest absolute Gasteiger partial charge is 0.484 e. The van der Waals surface area contributed by atoms with Gasteiger partial charge in [-0.15, -0.1) is 15.3 Å². The van der Waals surface area contributed by atoms with Gasteiger partial charge in [-0.25, -0.2) is 13.6 Å². The number of ether oxygens (including phenoxy) is 2. The summed E-state index contributed by atoms with van der Waals surface area (Å²) < 4.78 is 39.3. The molecule has 2 unspecified atom stereocenters. The second-order valence-corrected chi connectivity index (χ2v) is 21.7. The third-order valence-corrected chi connectivity index (χ3v) is 14.7. The number of carboxylic acid groups (broad SMARTS) is 1. The molecule has 0 aliphatic rings. The molecule has 0 radical (unpaired) electrons. The molecule has 520 valence electrons. The maximum Gasteiger partial charge on any atom is 0.335 e. The van der Waals surface area contributed by atoms with Crippen molar-refractivity contribution >= 4 is 122 Å². The summed E-state index contributed by atoms with van der Waals surface area (Å²) in [5.74, 6) is -4.05. The molecular formula is C66H60Cl4F2N14O14. The number of carbonyl (C=O) groups is 7. The highest BCUT2D eigenvalue weighted by atomic mass is 35.5. The number of hydrogen-bond donors (Lipinski definition) is 9. The van der Waals surface area contributed by atoms with Gasteiger partial charge in [-0.2, -0.15) is 5.10 Å². The molecule has 0 spiro atoms. The van der Waals surface area contributed by atoms with Crippen molar-refractivity contribution in [3.63, 3.8) is 0 Å². The van der Waals surface area contributed by atoms with Crippen LogP contribution >= 0.6 is 46.4 Å². The van der Waals surface area contributed by atoms with Crippen LogP contribution in [0.3, 0.4) is 0 Å². The summed E-state index contributed by atoms with van der Waals surface area (Å²) in [7, 11) is 6.15. The Balaban J connectivity index is 0.000000244. The van der Waals surface area contributed by atoms with Crippen molar-refractivity contribution in [3.05, 3.63) is 266 Å². The highest BCUT2D eigenvalue weighted by molar-refractivity contribution is 6.36. The summed E-state index contributed by atoms with van der Waals surface area (Å²) in [5.41, 5.74) is 15.5. The van der Waals surface area contributed by atoms with Crippen molar-refractivity contribution in [2.75, 3.05) is 50.3 Å². The summed E-state index contributed by atoms with van der Waals surface area (Å²) in [4.78, 5) is 100. The monoisotopic (exact) mass is 1450 g/mol. The van der Waals surface area contributed by atoms with E-state index in [-0.39, 0.29) is 100 Å². The Labute approximate surface area is 588 Å². The fourth-order valence-corrected chi connectivity index (χ4v) is 9.41. The van der Waals surface area contributed by atoms with E-state index in [1.165, 1.54) is 87.9 Å². The maximum atomic E-state index is 13.9. The third-order valence-electron chi connectivity index (χ3n) is 13.3. The lowest BCUT2D eigenvalue weighted by molar-refractivity contribution is -0.385. The van der Waals surface area contributed by atoms with Gasteiger partial charge in [0.2, 0.25) is 0 Å². The number of hydrogen-bond acceptors (Lipinski definition) is 19. The van der Waals surface area contributed by atoms with Gasteiger partial charge in [0.1, 0.15) is 35.3 Å². The Bertz CT molecular complexity index is 4240. The molecule has 0 saturated carbocycles. The van der Waals surface area contributed by atoms with Gasteiger partial charge in [-0.05, 0) is 142 Å². The van der Waals surface area contributed by atoms with Gasteiger partial charge in [-0.3, -0.25) is 49.0 Å². The lowest BCUT2D eigenvalue weighted by Crippen LogP contribution is -2.18. The quantitative estimate of drug-likeness (QED) is 0.0177. The van der Waals surface area contributed by atoms with Crippen molar-refractivity contribution in [2.45, 2.75) is 33.0 Å². The van der Waals surface area contributed by atoms with Crippen LogP contribution in [-0.4, -0.2) is 105 Å². The van der Waals surface area contributed by atoms with Crippen molar-refractivity contribution < 1.29 is 66.8 Å². The number of aromatic nitrogens is 4. The van der Waals surface area contributed by atoms with E-state index in [2.05, 4.69) is 52.3 Å². The third kappa shape index (κ3) is 22.6. The Morgan fingerprint density at radius 1 is 0.470 bits per heavy atom. The van der Waals surface area contributed by atoms with E-state index in [4.69, 9.17) is 72.5 Å². The van der Waals surface area contributed by atoms with E-state index in [0.29, 0.717) is 45.0 Å². The Morgan fingerprint density at radius 2 is 0.790 bits per heavy atom. The number of carboxylic acids is 1. The van der Waals surface area contributed by atoms with Crippen LogP contribution in [0.15, 0.2) is 158 Å². The number of carbonyl (C=O) groups excluding carboxylic acids is 6. The summed E-state index contributed by atoms with van der Waals surface area (Å²) >= 11 is 24.4. The topological polar surface area (TPSA) is 420 Å². The van der Waals surface area contributed by atoms with E-state index in [9.17, 15) is 62.6 Å². The van der Waals surface area contributed by atoms with Crippen LogP contribution in [0, 0.1) is 38.8 Å². The molecule has 6 amide bonds. The molecule has 11 N–H and O–H groups in total. The van der Waals surface area contributed by atoms with Gasteiger partial charge in [0, 0.05) is 125 Å². The molecular weight excluding hydrogens is 1390 g/mol. The number of halogens is 6. The predicted octanol–water partition coefficient (Wildman–Crippen LogP) is 12.1. The molecule has 9 rings (SSSR count). The molecule has 0 aliphatic carbocycles. The first-order chi connectivity index (χ1) is 47.4. The van der Waals surface area contributed by atoms with Crippen LogP contribution in [0.5, 0.6) is 11.5 Å². The number of rotatable bonds is 17. The second-order valence-electron chi connectivity index (χ2n) is 20.1. The molecule has 34 heteroatoms. The van der Waals surface area contributed by atoms with E-state index in [1.807, 2.05) is 0 Å². The van der Waals surface area contributed by atoms with Gasteiger partial charge in [-0.1, -0.05) is 46.4 Å². The molecule has 28 nitrogen and oxygen atoms in total. The molecule has 0 aliphatic heterocycles. The smallest absolute Gasteiger partial charge is 0.335 e. The van der Waals surface area contributed by atoms with Gasteiger partial charge in [0.05, 0.1) is 25.5 Å². The van der Waals surface area contributed by atoms with Gasteiger partial charge < -0.3 is 57.9 Å². The number of aryl methyl sites for hydroxylation is 1. The average Bonchev–Trinajstić information content (AvgIpc) is 0.818. The molecule has 9 aromatic rings. The molecule has 2 heterocycles. The number of non-ortho nitro benzene ring substituents is 2. The first kappa shape index (κ1) is 78.7. The predicted molar refractivity (Wildman–Crippen MR) is 370 cm³/mol. The zero-order valence-corrected chi connectivity index (χ0v) is 56.5. The van der Waals surface area contributed by atoms with Crippen molar-refractivity contribution in [2.24, 2.45) is 0 Å². The average molecular weight is 1450 g/mol. The number of nitro benzene ring substituents is 2. The first-order valence-corrected chi connectivity index (χ1v) is 30.3. The fourth-order valence-electron chi connectivity index (χ4n) is 8.06. The number of benzene rings is 7. The van der Waals surface area contributed by atoms with Gasteiger partial charge in [0.25, 0.3) is 46.8 Å². The molecule has 0 saturated heterocycles. The van der Waals surface area contributed by atoms with Crippen molar-refractivity contribution in [1.82, 2.24) is 41.7 Å². The number of nitrogens with one attached hydrogen (secondary N) is 6. The number of aromatic carboxylic acids is 1. The summed E-state index contributed by atoms with van der Waals surface area (Å²) in [6, 6.07) is 37.3. The SMILES string of the molecule is CNC(=O)c1ccc(N)cc1.CNC(=O)c1ccc(NC(=O)c2cc(OC(C)c3c(Cl)ccc(F)c3Cl)c(C)nn2)cc1.CNC(=O)c1ccc(NC(=O)c2cc(OC(C)c3c(Cl)ccc(F)c3Cl)c(N)nn2)cc1.CNC(=O)c1ccc([N+](=O)[O-])cc1.O=C(O)c1ccc([N+](=O)[O-])cc1. The first-order valence-electron chi connectivity index (χ1n) is 28.8. The van der Waals surface area contributed by atoms with Crippen LogP contribution in [0.25, 0.3) is 0 Å². The van der Waals surface area contributed by atoms with E-state index in [1.54, 1.807) is 101 Å². The summed E-state index contributed by atoms with van der Waals surface area (Å²) in [6.45, 7) is 4.91. The van der Waals surface area contributed by atoms with Crippen LogP contribution in [0.4, 0.5) is 43.0 Å². The summed E-state index contributed by atoms with van der Waals surface area (Å²) in [6.07, 6.45) is -1.52. The normalized spacial score (nSPS) is 10.7. The highest BCUT2D eigenvalue weighted by Gasteiger charge is 2.24. The minimum atomic E-state index is -1.09. The zero-order valence-electron chi connectivity index (χ0n) is 53.5. The molecule has 100 heavy (non-hydrogen) atoms. The highest BCUT2D eigenvalue weighted by Crippen LogP contribution is 2.37. The molecule has 2 atom stereocenters.